The number of fused-ring (bicyclic) bond motifs is 2. The van der Waals surface area contributed by atoms with Gasteiger partial charge in [-0.25, -0.2) is 4.98 Å². The number of amides is 1. The average molecular weight is 451 g/mol. The van der Waals surface area contributed by atoms with Gasteiger partial charge in [0.1, 0.15) is 9.71 Å². The van der Waals surface area contributed by atoms with Crippen molar-refractivity contribution >= 4 is 55.9 Å². The van der Waals surface area contributed by atoms with E-state index < -0.39 is 4.92 Å². The number of aromatic nitrogens is 1. The van der Waals surface area contributed by atoms with Crippen LogP contribution in [0.2, 0.25) is 0 Å². The van der Waals surface area contributed by atoms with Crippen LogP contribution >= 0.6 is 22.7 Å². The molecule has 0 aliphatic heterocycles. The maximum Gasteiger partial charge on any atom is 0.269 e. The second kappa shape index (κ2) is 7.75. The summed E-state index contributed by atoms with van der Waals surface area (Å²) in [6.07, 6.45) is 4.14. The van der Waals surface area contributed by atoms with Gasteiger partial charge in [-0.1, -0.05) is 6.07 Å². The molecule has 1 aliphatic rings. The summed E-state index contributed by atoms with van der Waals surface area (Å²) in [6, 6.07) is 9.83. The maximum absolute atomic E-state index is 13.0. The number of nitrogens with two attached hydrogens (primary N) is 1. The Hall–Kier alpha value is -3.30. The average Bonchev–Trinajstić information content (AvgIpc) is 3.41. The number of rotatable bonds is 4. The molecule has 1 aliphatic carbocycles. The molecule has 0 radical (unpaired) electrons. The van der Waals surface area contributed by atoms with Crippen LogP contribution in [0.3, 0.4) is 0 Å². The predicted molar refractivity (Wildman–Crippen MR) is 125 cm³/mol. The fraction of sp³-hybridized carbons (Fsp3) is 0.182. The van der Waals surface area contributed by atoms with E-state index >= 15 is 0 Å². The highest BCUT2D eigenvalue weighted by Crippen LogP contribution is 2.45. The molecule has 1 amide bonds. The van der Waals surface area contributed by atoms with E-state index in [-0.39, 0.29) is 11.6 Å². The summed E-state index contributed by atoms with van der Waals surface area (Å²) in [4.78, 5) is 30.6. The van der Waals surface area contributed by atoms with Gasteiger partial charge in [-0.2, -0.15) is 0 Å². The van der Waals surface area contributed by atoms with Crippen molar-refractivity contribution < 1.29 is 9.72 Å². The van der Waals surface area contributed by atoms with Crippen LogP contribution in [0, 0.1) is 10.1 Å². The summed E-state index contributed by atoms with van der Waals surface area (Å²) < 4.78 is 0. The fourth-order valence-electron chi connectivity index (χ4n) is 4.02. The predicted octanol–water partition coefficient (Wildman–Crippen LogP) is 5.65. The standard InChI is InChI=1S/C22H18N4O3S2/c23-19-18-17(16-6-3-11-30-16)14-4-1-2-5-15(14)25-22(18)31-20(19)21(27)24-12-7-9-13(10-8-12)26(28)29/h3,6-11H,1-2,4-5,23H2,(H,24,27). The molecule has 0 bridgehead atoms. The number of nitrogens with one attached hydrogen (secondary N) is 1. The molecule has 0 spiro atoms. The number of hydrogen-bond acceptors (Lipinski definition) is 7. The molecular formula is C22H18N4O3S2. The lowest BCUT2D eigenvalue weighted by molar-refractivity contribution is -0.384. The van der Waals surface area contributed by atoms with Crippen LogP contribution in [0.15, 0.2) is 41.8 Å². The van der Waals surface area contributed by atoms with Crippen molar-refractivity contribution in [2.75, 3.05) is 11.1 Å². The summed E-state index contributed by atoms with van der Waals surface area (Å²) in [5.74, 6) is -0.343. The Morgan fingerprint density at radius 3 is 2.65 bits per heavy atom. The number of thiophene rings is 2. The van der Waals surface area contributed by atoms with Crippen LogP contribution in [0.4, 0.5) is 17.1 Å². The van der Waals surface area contributed by atoms with Gasteiger partial charge in [-0.15, -0.1) is 22.7 Å². The first-order valence-electron chi connectivity index (χ1n) is 9.86. The molecule has 0 saturated heterocycles. The third-order valence-corrected chi connectivity index (χ3v) is 7.45. The summed E-state index contributed by atoms with van der Waals surface area (Å²) in [5.41, 5.74) is 10.8. The van der Waals surface area contributed by atoms with Crippen molar-refractivity contribution in [2.45, 2.75) is 25.7 Å². The molecule has 1 aromatic carbocycles. The zero-order valence-electron chi connectivity index (χ0n) is 16.4. The van der Waals surface area contributed by atoms with Crippen LogP contribution < -0.4 is 11.1 Å². The zero-order chi connectivity index (χ0) is 21.5. The molecule has 3 heterocycles. The Morgan fingerprint density at radius 2 is 1.94 bits per heavy atom. The van der Waals surface area contributed by atoms with E-state index in [1.54, 1.807) is 11.3 Å². The molecule has 4 aromatic rings. The number of carbonyl (C=O) groups excluding carboxylic acids is 1. The number of nitro groups is 1. The van der Waals surface area contributed by atoms with Gasteiger partial charge < -0.3 is 11.1 Å². The fourth-order valence-corrected chi connectivity index (χ4v) is 5.85. The minimum absolute atomic E-state index is 0.0326. The van der Waals surface area contributed by atoms with Gasteiger partial charge in [0, 0.05) is 39.3 Å². The van der Waals surface area contributed by atoms with Gasteiger partial charge in [-0.05, 0) is 54.8 Å². The second-order valence-electron chi connectivity index (χ2n) is 7.38. The van der Waals surface area contributed by atoms with Gasteiger partial charge in [0.25, 0.3) is 11.6 Å². The molecule has 31 heavy (non-hydrogen) atoms. The first-order chi connectivity index (χ1) is 15.0. The van der Waals surface area contributed by atoms with Gasteiger partial charge in [-0.3, -0.25) is 14.9 Å². The lowest BCUT2D eigenvalue weighted by Crippen LogP contribution is -2.12. The highest BCUT2D eigenvalue weighted by Gasteiger charge is 2.26. The summed E-state index contributed by atoms with van der Waals surface area (Å²) in [5, 5.41) is 16.5. The SMILES string of the molecule is Nc1c(C(=O)Nc2ccc([N+](=O)[O-])cc2)sc2nc3c(c(-c4cccs4)c12)CCCC3. The molecule has 7 nitrogen and oxygen atoms in total. The lowest BCUT2D eigenvalue weighted by Gasteiger charge is -2.19. The number of hydrogen-bond donors (Lipinski definition) is 2. The highest BCUT2D eigenvalue weighted by atomic mass is 32.1. The zero-order valence-corrected chi connectivity index (χ0v) is 18.0. The monoisotopic (exact) mass is 450 g/mol. The number of anilines is 2. The molecular weight excluding hydrogens is 432 g/mol. The summed E-state index contributed by atoms with van der Waals surface area (Å²) in [7, 11) is 0. The van der Waals surface area contributed by atoms with E-state index in [1.165, 1.54) is 41.2 Å². The van der Waals surface area contributed by atoms with Gasteiger partial charge in [0.15, 0.2) is 0 Å². The summed E-state index contributed by atoms with van der Waals surface area (Å²) >= 11 is 2.95. The highest BCUT2D eigenvalue weighted by molar-refractivity contribution is 7.21. The van der Waals surface area contributed by atoms with Gasteiger partial charge >= 0.3 is 0 Å². The van der Waals surface area contributed by atoms with Gasteiger partial charge in [0.05, 0.1) is 10.6 Å². The Labute approximate surface area is 185 Å². The van der Waals surface area contributed by atoms with Crippen LogP contribution in [-0.2, 0) is 12.8 Å². The minimum atomic E-state index is -0.477. The van der Waals surface area contributed by atoms with Crippen molar-refractivity contribution in [3.63, 3.8) is 0 Å². The number of carbonyl (C=O) groups is 1. The normalized spacial score (nSPS) is 13.2. The van der Waals surface area contributed by atoms with Crippen molar-refractivity contribution in [1.29, 1.82) is 0 Å². The van der Waals surface area contributed by atoms with Crippen molar-refractivity contribution in [3.05, 3.63) is 68.0 Å². The number of nitrogen functional groups attached to an aromatic ring is 1. The van der Waals surface area contributed by atoms with E-state index in [4.69, 9.17) is 10.7 Å². The smallest absolute Gasteiger partial charge is 0.269 e. The Morgan fingerprint density at radius 1 is 1.16 bits per heavy atom. The number of nitrogens with zero attached hydrogens (tertiary/aromatic N) is 2. The molecule has 0 atom stereocenters. The van der Waals surface area contributed by atoms with Crippen molar-refractivity contribution in [2.24, 2.45) is 0 Å². The van der Waals surface area contributed by atoms with Crippen LogP contribution in [0.1, 0.15) is 33.8 Å². The topological polar surface area (TPSA) is 111 Å². The summed E-state index contributed by atoms with van der Waals surface area (Å²) in [6.45, 7) is 0. The van der Waals surface area contributed by atoms with E-state index in [2.05, 4.69) is 11.4 Å². The Kier molecular flexibility index (Phi) is 4.91. The van der Waals surface area contributed by atoms with E-state index in [0.29, 0.717) is 16.3 Å². The first-order valence-corrected chi connectivity index (χ1v) is 11.6. The number of benzene rings is 1. The Balaban J connectivity index is 1.59. The molecule has 9 heteroatoms. The largest absolute Gasteiger partial charge is 0.397 e. The van der Waals surface area contributed by atoms with Gasteiger partial charge in [0.2, 0.25) is 0 Å². The number of non-ortho nitro benzene ring substituents is 1. The van der Waals surface area contributed by atoms with E-state index in [0.717, 1.165) is 52.0 Å². The van der Waals surface area contributed by atoms with Crippen LogP contribution in [-0.4, -0.2) is 15.8 Å². The second-order valence-corrected chi connectivity index (χ2v) is 9.33. The number of nitro benzene ring substituents is 1. The Bertz CT molecular complexity index is 1310. The van der Waals surface area contributed by atoms with E-state index in [9.17, 15) is 14.9 Å². The molecule has 5 rings (SSSR count). The molecule has 0 fully saturated rings. The molecule has 0 saturated carbocycles. The van der Waals surface area contributed by atoms with Crippen LogP contribution in [0.5, 0.6) is 0 Å². The minimum Gasteiger partial charge on any atom is -0.397 e. The van der Waals surface area contributed by atoms with Crippen molar-refractivity contribution in [1.82, 2.24) is 4.98 Å². The number of pyridine rings is 1. The first kappa shape index (κ1) is 19.7. The van der Waals surface area contributed by atoms with E-state index in [1.807, 2.05) is 11.4 Å². The van der Waals surface area contributed by atoms with Crippen LogP contribution in [0.25, 0.3) is 20.7 Å². The number of aryl methyl sites for hydroxylation is 1. The molecule has 156 valence electrons. The third-order valence-electron chi connectivity index (χ3n) is 5.46. The molecule has 3 aromatic heterocycles. The third kappa shape index (κ3) is 3.45. The quantitative estimate of drug-likeness (QED) is 0.308. The molecule has 0 unspecified atom stereocenters. The lowest BCUT2D eigenvalue weighted by atomic mass is 9.90. The molecule has 3 N–H and O–H groups in total. The maximum atomic E-state index is 13.0. The van der Waals surface area contributed by atoms with Crippen molar-refractivity contribution in [3.8, 4) is 10.4 Å².